The number of amides is 1. The van der Waals surface area contributed by atoms with E-state index in [9.17, 15) is 35.9 Å². The number of hydrogen-bond acceptors (Lipinski definition) is 5. The molecule has 2 heterocycles. The molecule has 2 aliphatic heterocycles. The van der Waals surface area contributed by atoms with Crippen LogP contribution in [0.3, 0.4) is 0 Å². The number of aliphatic carboxylic acids is 1. The quantitative estimate of drug-likeness (QED) is 0.133. The molecular weight excluding hydrogens is 934 g/mol. The Balaban J connectivity index is 0.000000236. The minimum atomic E-state index is -4.33. The fourth-order valence-corrected chi connectivity index (χ4v) is 8.86. The van der Waals surface area contributed by atoms with Crippen molar-refractivity contribution in [3.63, 3.8) is 0 Å². The highest BCUT2D eigenvalue weighted by atomic mass is 79.9. The van der Waals surface area contributed by atoms with E-state index < -0.39 is 34.4 Å². The van der Waals surface area contributed by atoms with Gasteiger partial charge in [0.1, 0.15) is 17.5 Å². The average Bonchev–Trinajstić information content (AvgIpc) is 4.24. The summed E-state index contributed by atoms with van der Waals surface area (Å²) in [6.45, 7) is 10.4. The number of piperidine rings is 1. The van der Waals surface area contributed by atoms with Crippen molar-refractivity contribution in [3.05, 3.63) is 142 Å². The van der Waals surface area contributed by atoms with E-state index in [1.807, 2.05) is 11.0 Å². The van der Waals surface area contributed by atoms with Crippen molar-refractivity contribution in [3.8, 4) is 6.07 Å². The van der Waals surface area contributed by atoms with Crippen LogP contribution in [0.15, 0.2) is 97.1 Å². The molecule has 2 atom stereocenters. The Morgan fingerprint density at radius 1 is 0.800 bits per heavy atom. The predicted molar refractivity (Wildman–Crippen MR) is 244 cm³/mol. The van der Waals surface area contributed by atoms with Crippen LogP contribution in [-0.2, 0) is 33.0 Å². The van der Waals surface area contributed by atoms with Crippen LogP contribution in [0.25, 0.3) is 0 Å². The second-order valence-corrected chi connectivity index (χ2v) is 18.5. The minimum absolute atomic E-state index is 0.0230. The molecule has 4 aromatic carbocycles. The first-order chi connectivity index (χ1) is 30.9. The lowest BCUT2D eigenvalue weighted by Gasteiger charge is -2.52. The highest BCUT2D eigenvalue weighted by Gasteiger charge is 2.55. The molecule has 4 aromatic rings. The predicted octanol–water partition coefficient (Wildman–Crippen LogP) is 11.5. The van der Waals surface area contributed by atoms with Gasteiger partial charge in [-0.15, -0.1) is 11.6 Å². The summed E-state index contributed by atoms with van der Waals surface area (Å²) in [5, 5.41) is 18.0. The lowest BCUT2D eigenvalue weighted by molar-refractivity contribution is -0.140. The van der Waals surface area contributed by atoms with Gasteiger partial charge in [0.15, 0.2) is 0 Å². The van der Waals surface area contributed by atoms with Crippen molar-refractivity contribution < 1.29 is 41.0 Å². The van der Waals surface area contributed by atoms with Gasteiger partial charge in [-0.05, 0) is 95.2 Å². The Hall–Kier alpha value is -4.42. The largest absolute Gasteiger partial charge is 0.481 e. The van der Waals surface area contributed by atoms with Crippen LogP contribution in [0.5, 0.6) is 0 Å². The van der Waals surface area contributed by atoms with Gasteiger partial charge in [-0.2, -0.15) is 18.4 Å². The van der Waals surface area contributed by atoms with Crippen molar-refractivity contribution in [2.45, 2.75) is 100 Å². The van der Waals surface area contributed by atoms with Gasteiger partial charge < -0.3 is 10.0 Å². The van der Waals surface area contributed by atoms with E-state index in [2.05, 4.69) is 46.5 Å². The molecule has 4 aliphatic rings. The summed E-state index contributed by atoms with van der Waals surface area (Å²) in [5.74, 6) is -1.16. The van der Waals surface area contributed by atoms with Crippen molar-refractivity contribution in [1.82, 2.24) is 14.7 Å². The third-order valence-corrected chi connectivity index (χ3v) is 14.2. The highest BCUT2D eigenvalue weighted by Crippen LogP contribution is 2.51. The van der Waals surface area contributed by atoms with Gasteiger partial charge in [-0.25, -0.2) is 13.2 Å². The number of likely N-dealkylation sites (tertiary alicyclic amines) is 1. The van der Waals surface area contributed by atoms with Crippen LogP contribution >= 0.6 is 27.5 Å². The number of nitrogens with zero attached hydrogens (tertiary/aromatic N) is 4. The summed E-state index contributed by atoms with van der Waals surface area (Å²) in [4.78, 5) is 31.2. The number of carboxylic acids is 1. The Kier molecular flexibility index (Phi) is 17.8. The Morgan fingerprint density at radius 3 is 1.72 bits per heavy atom. The smallest absolute Gasteiger partial charge is 0.416 e. The molecule has 350 valence electrons. The van der Waals surface area contributed by atoms with E-state index in [0.29, 0.717) is 61.3 Å². The molecule has 2 aliphatic carbocycles. The molecule has 2 saturated carbocycles. The van der Waals surface area contributed by atoms with E-state index in [1.165, 1.54) is 30.3 Å². The van der Waals surface area contributed by atoms with Gasteiger partial charge in [0, 0.05) is 78.2 Å². The first kappa shape index (κ1) is 51.6. The van der Waals surface area contributed by atoms with Gasteiger partial charge >= 0.3 is 12.1 Å². The summed E-state index contributed by atoms with van der Waals surface area (Å²) in [7, 11) is 0. The Morgan fingerprint density at radius 2 is 1.29 bits per heavy atom. The van der Waals surface area contributed by atoms with Crippen molar-refractivity contribution >= 4 is 39.4 Å². The molecule has 0 aromatic heterocycles. The molecule has 1 amide bonds. The van der Waals surface area contributed by atoms with Gasteiger partial charge in [-0.1, -0.05) is 82.7 Å². The number of benzene rings is 4. The van der Waals surface area contributed by atoms with Crippen LogP contribution in [0, 0.1) is 28.8 Å². The molecule has 2 saturated heterocycles. The van der Waals surface area contributed by atoms with Crippen LogP contribution in [-0.4, -0.2) is 87.2 Å². The van der Waals surface area contributed by atoms with Crippen LogP contribution in [0.2, 0.25) is 0 Å². The maximum absolute atomic E-state index is 14.5. The van der Waals surface area contributed by atoms with Gasteiger partial charge in [0.05, 0.1) is 28.9 Å². The van der Waals surface area contributed by atoms with Crippen molar-refractivity contribution in [1.29, 1.82) is 5.26 Å². The fraction of sp³-hybridized carbons (Fsp3) is 0.460. The highest BCUT2D eigenvalue weighted by molar-refractivity contribution is 9.09. The number of piperazine rings is 1. The molecule has 4 fully saturated rings. The van der Waals surface area contributed by atoms with Crippen molar-refractivity contribution in [2.75, 3.05) is 43.9 Å². The third kappa shape index (κ3) is 12.5. The lowest BCUT2D eigenvalue weighted by atomic mass is 9.85. The maximum Gasteiger partial charge on any atom is 0.416 e. The van der Waals surface area contributed by atoms with E-state index >= 15 is 0 Å². The zero-order valence-corrected chi connectivity index (χ0v) is 39.2. The van der Waals surface area contributed by atoms with Gasteiger partial charge in [-0.3, -0.25) is 19.4 Å². The standard InChI is InChI=1S/C30H37F4N3O.C10H9FO2.C8H6FN.C2H4BrCl/c1-21-20-36(18-19-37(21)22(2)23-8-10-24(11-9-23)30(32,33)34)28(3)14-16-35(17-15-28)27(38)29(12-13-29)25-6-4-5-7-26(25)31;11-8-4-2-1-3-7(8)10(5-6-10)9(12)13;9-8-4-2-1-3-7(8)5-6-10;3-1-2-4/h4-11,21-22H,12-20H2,1-3H3;1-4H,5-6H2,(H,12,13);1-4H,5H2;1-2H2. The molecule has 15 heteroatoms. The lowest BCUT2D eigenvalue weighted by Crippen LogP contribution is -2.62. The second kappa shape index (κ2) is 22.4. The average molecular weight is 990 g/mol. The summed E-state index contributed by atoms with van der Waals surface area (Å²) in [6, 6.07) is 26.7. The van der Waals surface area contributed by atoms with Gasteiger partial charge in [0.25, 0.3) is 0 Å². The molecule has 0 spiro atoms. The molecule has 2 unspecified atom stereocenters. The van der Waals surface area contributed by atoms with E-state index in [-0.39, 0.29) is 41.6 Å². The number of rotatable bonds is 9. The number of nitriles is 1. The molecular formula is C50H56BrClF6N4O3. The summed E-state index contributed by atoms with van der Waals surface area (Å²) < 4.78 is 79.2. The molecule has 8 rings (SSSR count). The topological polar surface area (TPSA) is 87.9 Å². The molecule has 0 bridgehead atoms. The minimum Gasteiger partial charge on any atom is -0.481 e. The molecule has 1 N–H and O–H groups in total. The van der Waals surface area contributed by atoms with Crippen LogP contribution < -0.4 is 0 Å². The number of halogens is 8. The van der Waals surface area contributed by atoms with E-state index in [4.69, 9.17) is 22.0 Å². The van der Waals surface area contributed by atoms with E-state index in [0.717, 1.165) is 43.4 Å². The van der Waals surface area contributed by atoms with E-state index in [1.54, 1.807) is 66.7 Å². The molecule has 0 radical (unpaired) electrons. The number of carbonyl (C=O) groups excluding carboxylic acids is 1. The van der Waals surface area contributed by atoms with Crippen LogP contribution in [0.4, 0.5) is 26.3 Å². The number of carboxylic acid groups (broad SMARTS) is 1. The molecule has 7 nitrogen and oxygen atoms in total. The number of carbonyl (C=O) groups is 2. The summed E-state index contributed by atoms with van der Waals surface area (Å²) in [6.07, 6.45) is 0.0568. The zero-order chi connectivity index (χ0) is 47.6. The molecule has 65 heavy (non-hydrogen) atoms. The van der Waals surface area contributed by atoms with Crippen molar-refractivity contribution in [2.24, 2.45) is 0 Å². The van der Waals surface area contributed by atoms with Gasteiger partial charge in [0.2, 0.25) is 5.91 Å². The number of alkyl halides is 5. The Bertz CT molecular complexity index is 2260. The summed E-state index contributed by atoms with van der Waals surface area (Å²) in [5.41, 5.74) is -0.0497. The normalized spacial score (nSPS) is 19.9. The first-order valence-corrected chi connectivity index (χ1v) is 23.5. The third-order valence-electron chi connectivity index (χ3n) is 13.2. The monoisotopic (exact) mass is 988 g/mol. The summed E-state index contributed by atoms with van der Waals surface area (Å²) >= 11 is 8.26. The number of hydrogen-bond donors (Lipinski definition) is 1. The maximum atomic E-state index is 14.5. The Labute approximate surface area is 391 Å². The SMILES string of the molecule is CC1CN(C2(C)CCN(C(=O)C3(c4ccccc4F)CC3)CC2)CCN1C(C)c1ccc(C(F)(F)F)cc1.ClCCBr.N#CCc1ccccc1F.O=C(O)C1(c2ccccc2F)CC1. The van der Waals surface area contributed by atoms with Crippen LogP contribution in [0.1, 0.15) is 93.2 Å². The first-order valence-electron chi connectivity index (χ1n) is 21.8. The zero-order valence-electron chi connectivity index (χ0n) is 36.9. The fourth-order valence-electron chi connectivity index (χ4n) is 8.86. The second-order valence-electron chi connectivity index (χ2n) is 17.4.